The number of rotatable bonds is 4. The van der Waals surface area contributed by atoms with Crippen molar-refractivity contribution in [1.82, 2.24) is 5.32 Å². The predicted molar refractivity (Wildman–Crippen MR) is 74.7 cm³/mol. The van der Waals surface area contributed by atoms with Gasteiger partial charge in [-0.15, -0.1) is 0 Å². The highest BCUT2D eigenvalue weighted by Crippen LogP contribution is 2.34. The SMILES string of the molecule is CCCC1(C(=O)N(C)c2ccccc2)CCNC1. The lowest BCUT2D eigenvalue weighted by atomic mass is 9.81. The number of anilines is 1. The average Bonchev–Trinajstić information content (AvgIpc) is 2.88. The van der Waals surface area contributed by atoms with Gasteiger partial charge in [-0.25, -0.2) is 0 Å². The summed E-state index contributed by atoms with van der Waals surface area (Å²) in [4.78, 5) is 14.6. The van der Waals surface area contributed by atoms with Gasteiger partial charge in [0.15, 0.2) is 0 Å². The first-order valence-corrected chi connectivity index (χ1v) is 6.73. The summed E-state index contributed by atoms with van der Waals surface area (Å²) in [5.41, 5.74) is 0.782. The van der Waals surface area contributed by atoms with Gasteiger partial charge < -0.3 is 10.2 Å². The van der Waals surface area contributed by atoms with Crippen molar-refractivity contribution in [3.8, 4) is 0 Å². The minimum absolute atomic E-state index is 0.195. The normalized spacial score (nSPS) is 23.0. The Hall–Kier alpha value is -1.35. The lowest BCUT2D eigenvalue weighted by Gasteiger charge is -2.31. The Balaban J connectivity index is 2.19. The van der Waals surface area contributed by atoms with Crippen LogP contribution in [0, 0.1) is 5.41 Å². The van der Waals surface area contributed by atoms with Crippen molar-refractivity contribution in [3.05, 3.63) is 30.3 Å². The van der Waals surface area contributed by atoms with Gasteiger partial charge in [-0.1, -0.05) is 31.5 Å². The Kier molecular flexibility index (Phi) is 4.02. The fraction of sp³-hybridized carbons (Fsp3) is 0.533. The van der Waals surface area contributed by atoms with Crippen LogP contribution < -0.4 is 10.2 Å². The molecule has 1 N–H and O–H groups in total. The predicted octanol–water partition coefficient (Wildman–Crippen LogP) is 2.43. The number of benzene rings is 1. The summed E-state index contributed by atoms with van der Waals surface area (Å²) in [6, 6.07) is 9.89. The number of para-hydroxylation sites is 1. The molecule has 1 unspecified atom stereocenters. The van der Waals surface area contributed by atoms with E-state index in [1.807, 2.05) is 42.3 Å². The summed E-state index contributed by atoms with van der Waals surface area (Å²) in [6.07, 6.45) is 2.98. The average molecular weight is 246 g/mol. The van der Waals surface area contributed by atoms with Gasteiger partial charge in [-0.2, -0.15) is 0 Å². The van der Waals surface area contributed by atoms with E-state index in [4.69, 9.17) is 0 Å². The summed E-state index contributed by atoms with van der Waals surface area (Å²) in [5.74, 6) is 0.251. The van der Waals surface area contributed by atoms with Crippen LogP contribution in [0.15, 0.2) is 30.3 Å². The molecule has 0 aromatic heterocycles. The van der Waals surface area contributed by atoms with Gasteiger partial charge in [0.05, 0.1) is 5.41 Å². The van der Waals surface area contributed by atoms with Crippen LogP contribution in [0.4, 0.5) is 5.69 Å². The molecule has 18 heavy (non-hydrogen) atoms. The van der Waals surface area contributed by atoms with Crippen LogP contribution in [0.5, 0.6) is 0 Å². The number of hydrogen-bond donors (Lipinski definition) is 1. The second-order valence-corrected chi connectivity index (χ2v) is 5.16. The van der Waals surface area contributed by atoms with E-state index in [9.17, 15) is 4.79 Å². The van der Waals surface area contributed by atoms with E-state index >= 15 is 0 Å². The van der Waals surface area contributed by atoms with E-state index in [2.05, 4.69) is 12.2 Å². The molecule has 3 nitrogen and oxygen atoms in total. The second kappa shape index (κ2) is 5.53. The number of nitrogens with one attached hydrogen (secondary N) is 1. The lowest BCUT2D eigenvalue weighted by Crippen LogP contribution is -2.43. The number of hydrogen-bond acceptors (Lipinski definition) is 2. The maximum Gasteiger partial charge on any atom is 0.234 e. The maximum absolute atomic E-state index is 12.7. The number of carbonyl (C=O) groups is 1. The third-order valence-corrected chi connectivity index (χ3v) is 3.87. The monoisotopic (exact) mass is 246 g/mol. The van der Waals surface area contributed by atoms with Gasteiger partial charge in [-0.3, -0.25) is 4.79 Å². The first-order valence-electron chi connectivity index (χ1n) is 6.73. The van der Waals surface area contributed by atoms with E-state index in [-0.39, 0.29) is 11.3 Å². The minimum atomic E-state index is -0.195. The lowest BCUT2D eigenvalue weighted by molar-refractivity contribution is -0.127. The number of carbonyl (C=O) groups excluding carboxylic acids is 1. The summed E-state index contributed by atoms with van der Waals surface area (Å²) < 4.78 is 0. The first-order chi connectivity index (χ1) is 8.69. The van der Waals surface area contributed by atoms with Gasteiger partial charge in [0, 0.05) is 19.3 Å². The van der Waals surface area contributed by atoms with Crippen LogP contribution in [-0.2, 0) is 4.79 Å². The molecule has 1 fully saturated rings. The van der Waals surface area contributed by atoms with Gasteiger partial charge in [-0.05, 0) is 31.5 Å². The van der Waals surface area contributed by atoms with Crippen molar-refractivity contribution in [3.63, 3.8) is 0 Å². The molecular weight excluding hydrogens is 224 g/mol. The van der Waals surface area contributed by atoms with Crippen molar-refractivity contribution in [2.45, 2.75) is 26.2 Å². The molecule has 1 saturated heterocycles. The van der Waals surface area contributed by atoms with Crippen molar-refractivity contribution >= 4 is 11.6 Å². The summed E-state index contributed by atoms with van der Waals surface area (Å²) >= 11 is 0. The summed E-state index contributed by atoms with van der Waals surface area (Å²) in [7, 11) is 1.88. The zero-order chi connectivity index (χ0) is 13.0. The Morgan fingerprint density at radius 1 is 1.39 bits per heavy atom. The van der Waals surface area contributed by atoms with Crippen molar-refractivity contribution < 1.29 is 4.79 Å². The van der Waals surface area contributed by atoms with E-state index in [1.165, 1.54) is 0 Å². The Bertz CT molecular complexity index is 396. The maximum atomic E-state index is 12.7. The smallest absolute Gasteiger partial charge is 0.234 e. The largest absolute Gasteiger partial charge is 0.316 e. The van der Waals surface area contributed by atoms with E-state index in [0.717, 1.165) is 38.0 Å². The molecule has 1 aromatic rings. The van der Waals surface area contributed by atoms with E-state index < -0.39 is 0 Å². The van der Waals surface area contributed by atoms with Crippen LogP contribution in [0.1, 0.15) is 26.2 Å². The van der Waals surface area contributed by atoms with E-state index in [0.29, 0.717) is 0 Å². The molecule has 1 heterocycles. The van der Waals surface area contributed by atoms with Crippen LogP contribution >= 0.6 is 0 Å². The molecule has 2 rings (SSSR count). The van der Waals surface area contributed by atoms with Crippen LogP contribution in [-0.4, -0.2) is 26.0 Å². The van der Waals surface area contributed by atoms with Crippen molar-refractivity contribution in [1.29, 1.82) is 0 Å². The molecule has 0 aliphatic carbocycles. The molecular formula is C15H22N2O. The third-order valence-electron chi connectivity index (χ3n) is 3.87. The zero-order valence-electron chi connectivity index (χ0n) is 11.3. The Morgan fingerprint density at radius 2 is 2.11 bits per heavy atom. The molecule has 0 radical (unpaired) electrons. The molecule has 1 aliphatic heterocycles. The quantitative estimate of drug-likeness (QED) is 0.885. The molecule has 1 aliphatic rings. The molecule has 0 bridgehead atoms. The third kappa shape index (κ3) is 2.41. The fourth-order valence-electron chi connectivity index (χ4n) is 2.85. The molecule has 1 amide bonds. The minimum Gasteiger partial charge on any atom is -0.316 e. The molecule has 98 valence electrons. The van der Waals surface area contributed by atoms with Gasteiger partial charge in [0.25, 0.3) is 0 Å². The highest BCUT2D eigenvalue weighted by atomic mass is 16.2. The standard InChI is InChI=1S/C15H22N2O/c1-3-9-15(10-11-16-12-15)14(18)17(2)13-7-5-4-6-8-13/h4-8,16H,3,9-12H2,1-2H3. The van der Waals surface area contributed by atoms with Gasteiger partial charge in [0.2, 0.25) is 5.91 Å². The number of nitrogens with zero attached hydrogens (tertiary/aromatic N) is 1. The molecule has 0 saturated carbocycles. The first kappa shape index (κ1) is 13.1. The topological polar surface area (TPSA) is 32.3 Å². The molecule has 1 aromatic carbocycles. The van der Waals surface area contributed by atoms with Crippen LogP contribution in [0.3, 0.4) is 0 Å². The fourth-order valence-corrected chi connectivity index (χ4v) is 2.85. The summed E-state index contributed by atoms with van der Waals surface area (Å²) in [6.45, 7) is 3.92. The van der Waals surface area contributed by atoms with Crippen molar-refractivity contribution in [2.75, 3.05) is 25.0 Å². The van der Waals surface area contributed by atoms with E-state index in [1.54, 1.807) is 0 Å². The Labute approximate surface area is 109 Å². The second-order valence-electron chi connectivity index (χ2n) is 5.16. The van der Waals surface area contributed by atoms with Crippen LogP contribution in [0.2, 0.25) is 0 Å². The summed E-state index contributed by atoms with van der Waals surface area (Å²) in [5, 5.41) is 3.34. The van der Waals surface area contributed by atoms with Crippen molar-refractivity contribution in [2.24, 2.45) is 5.41 Å². The van der Waals surface area contributed by atoms with Gasteiger partial charge in [0.1, 0.15) is 0 Å². The molecule has 0 spiro atoms. The zero-order valence-corrected chi connectivity index (χ0v) is 11.3. The van der Waals surface area contributed by atoms with Gasteiger partial charge >= 0.3 is 0 Å². The molecule has 1 atom stereocenters. The Morgan fingerprint density at radius 3 is 2.67 bits per heavy atom. The highest BCUT2D eigenvalue weighted by Gasteiger charge is 2.42. The molecule has 3 heteroatoms. The number of amides is 1. The van der Waals surface area contributed by atoms with Crippen LogP contribution in [0.25, 0.3) is 0 Å². The highest BCUT2D eigenvalue weighted by molar-refractivity contribution is 5.97.